The van der Waals surface area contributed by atoms with Crippen LogP contribution in [0.1, 0.15) is 46.4 Å². The van der Waals surface area contributed by atoms with E-state index in [1.54, 1.807) is 42.5 Å². The van der Waals surface area contributed by atoms with Gasteiger partial charge in [-0.15, -0.1) is 0 Å². The van der Waals surface area contributed by atoms with Crippen molar-refractivity contribution >= 4 is 27.4 Å². The van der Waals surface area contributed by atoms with Crippen molar-refractivity contribution < 1.29 is 27.2 Å². The van der Waals surface area contributed by atoms with Crippen molar-refractivity contribution in [3.8, 4) is 0 Å². The molecule has 0 spiro atoms. The maximum atomic E-state index is 12.4. The van der Waals surface area contributed by atoms with E-state index in [1.807, 2.05) is 6.92 Å². The molecule has 8 heteroatoms. The first-order valence-electron chi connectivity index (χ1n) is 9.84. The number of esters is 1. The van der Waals surface area contributed by atoms with Gasteiger partial charge in [-0.25, -0.2) is 13.2 Å². The number of nitrogens with one attached hydrogen (secondary N) is 1. The van der Waals surface area contributed by atoms with Gasteiger partial charge in [0.1, 0.15) is 11.5 Å². The number of rotatable bonds is 9. The van der Waals surface area contributed by atoms with E-state index >= 15 is 0 Å². The van der Waals surface area contributed by atoms with Gasteiger partial charge in [0.25, 0.3) is 5.91 Å². The number of hydrogen-bond donors (Lipinski definition) is 1. The zero-order valence-corrected chi connectivity index (χ0v) is 17.9. The fourth-order valence-corrected chi connectivity index (χ4v) is 4.02. The summed E-state index contributed by atoms with van der Waals surface area (Å²) in [6.07, 6.45) is 1.74. The molecular formula is C23H23NO6S. The molecular weight excluding hydrogens is 418 g/mol. The molecule has 31 heavy (non-hydrogen) atoms. The molecule has 0 radical (unpaired) electrons. The van der Waals surface area contributed by atoms with E-state index in [0.29, 0.717) is 17.9 Å². The van der Waals surface area contributed by atoms with Crippen LogP contribution in [0.5, 0.6) is 0 Å². The summed E-state index contributed by atoms with van der Waals surface area (Å²) in [6.45, 7) is 2.38. The van der Waals surface area contributed by atoms with Crippen molar-refractivity contribution in [2.75, 3.05) is 11.9 Å². The molecule has 0 bridgehead atoms. The van der Waals surface area contributed by atoms with Crippen LogP contribution in [0.15, 0.2) is 76.0 Å². The Kier molecular flexibility index (Phi) is 7.25. The predicted molar refractivity (Wildman–Crippen MR) is 116 cm³/mol. The lowest BCUT2D eigenvalue weighted by molar-refractivity contribution is 0.0499. The van der Waals surface area contributed by atoms with Crippen molar-refractivity contribution in [2.24, 2.45) is 0 Å². The first-order chi connectivity index (χ1) is 14.9. The molecule has 162 valence electrons. The first-order valence-corrected chi connectivity index (χ1v) is 11.5. The van der Waals surface area contributed by atoms with Crippen LogP contribution in [-0.4, -0.2) is 26.9 Å². The summed E-state index contributed by atoms with van der Waals surface area (Å²) >= 11 is 0. The van der Waals surface area contributed by atoms with Gasteiger partial charge in [-0.2, -0.15) is 0 Å². The molecule has 3 rings (SSSR count). The third kappa shape index (κ3) is 6.05. The number of unbranched alkanes of at least 4 members (excludes halogenated alkanes) is 1. The molecule has 0 saturated carbocycles. The second-order valence-electron chi connectivity index (χ2n) is 6.86. The minimum atomic E-state index is -3.58. The lowest BCUT2D eigenvalue weighted by Crippen LogP contribution is -2.11. The molecule has 0 aliphatic rings. The third-order valence-corrected chi connectivity index (χ3v) is 6.08. The summed E-state index contributed by atoms with van der Waals surface area (Å²) in [7, 11) is -3.58. The Balaban J connectivity index is 1.60. The topological polar surface area (TPSA) is 103 Å². The number of amides is 1. The lowest BCUT2D eigenvalue weighted by Gasteiger charge is -2.06. The Bertz CT molecular complexity index is 1130. The zero-order valence-electron chi connectivity index (χ0n) is 17.0. The number of ether oxygens (including phenoxy) is 1. The van der Waals surface area contributed by atoms with Gasteiger partial charge in [-0.05, 0) is 55.0 Å². The molecule has 0 unspecified atom stereocenters. The van der Waals surface area contributed by atoms with E-state index in [2.05, 4.69) is 5.32 Å². The van der Waals surface area contributed by atoms with Crippen LogP contribution in [0.4, 0.5) is 5.69 Å². The number of carbonyl (C=O) groups excluding carboxylic acids is 2. The van der Waals surface area contributed by atoms with E-state index in [-0.39, 0.29) is 22.2 Å². The molecule has 3 aromatic rings. The third-order valence-electron chi connectivity index (χ3n) is 4.43. The van der Waals surface area contributed by atoms with Crippen LogP contribution in [0.25, 0.3) is 0 Å². The highest BCUT2D eigenvalue weighted by molar-refractivity contribution is 7.90. The Morgan fingerprint density at radius 2 is 1.68 bits per heavy atom. The number of hydrogen-bond acceptors (Lipinski definition) is 6. The fraction of sp³-hybridized carbons (Fsp3) is 0.217. The smallest absolute Gasteiger partial charge is 0.338 e. The van der Waals surface area contributed by atoms with Gasteiger partial charge < -0.3 is 14.5 Å². The van der Waals surface area contributed by atoms with Crippen LogP contribution >= 0.6 is 0 Å². The normalized spacial score (nSPS) is 11.1. The van der Waals surface area contributed by atoms with Gasteiger partial charge in [0, 0.05) is 5.69 Å². The van der Waals surface area contributed by atoms with Crippen molar-refractivity contribution in [1.82, 2.24) is 0 Å². The van der Waals surface area contributed by atoms with Crippen molar-refractivity contribution in [1.29, 1.82) is 0 Å². The number of benzene rings is 2. The molecule has 1 amide bonds. The molecule has 0 saturated heterocycles. The Morgan fingerprint density at radius 3 is 2.35 bits per heavy atom. The second kappa shape index (κ2) is 10.1. The number of anilines is 1. The Hall–Kier alpha value is -3.39. The van der Waals surface area contributed by atoms with Gasteiger partial charge in [-0.3, -0.25) is 4.79 Å². The van der Waals surface area contributed by atoms with Gasteiger partial charge in [0.15, 0.2) is 15.6 Å². The molecule has 1 heterocycles. The van der Waals surface area contributed by atoms with Crippen LogP contribution in [0.2, 0.25) is 0 Å². The van der Waals surface area contributed by atoms with Crippen LogP contribution < -0.4 is 5.32 Å². The maximum absolute atomic E-state index is 12.4. The lowest BCUT2D eigenvalue weighted by atomic mass is 10.2. The summed E-state index contributed by atoms with van der Waals surface area (Å²) in [4.78, 5) is 24.5. The first kappa shape index (κ1) is 22.3. The van der Waals surface area contributed by atoms with Gasteiger partial charge >= 0.3 is 5.97 Å². The highest BCUT2D eigenvalue weighted by atomic mass is 32.2. The summed E-state index contributed by atoms with van der Waals surface area (Å²) in [5.41, 5.74) is 0.852. The van der Waals surface area contributed by atoms with E-state index in [9.17, 15) is 18.0 Å². The maximum Gasteiger partial charge on any atom is 0.338 e. The highest BCUT2D eigenvalue weighted by Gasteiger charge is 2.19. The standard InChI is InChI=1S/C23H23NO6S/c1-2-3-15-29-23(26)17-9-11-18(12-10-17)24-22(25)21-14-13-19(30-21)16-31(27,28)20-7-5-4-6-8-20/h4-14H,2-3,15-16H2,1H3,(H,24,25). The van der Waals surface area contributed by atoms with Gasteiger partial charge in [0.2, 0.25) is 0 Å². The monoisotopic (exact) mass is 441 g/mol. The van der Waals surface area contributed by atoms with Crippen molar-refractivity contribution in [2.45, 2.75) is 30.4 Å². The van der Waals surface area contributed by atoms with E-state index in [4.69, 9.17) is 9.15 Å². The number of carbonyl (C=O) groups is 2. The van der Waals surface area contributed by atoms with Gasteiger partial charge in [0.05, 0.1) is 17.1 Å². The van der Waals surface area contributed by atoms with E-state index in [1.165, 1.54) is 24.3 Å². The Morgan fingerprint density at radius 1 is 0.968 bits per heavy atom. The molecule has 1 aromatic heterocycles. The largest absolute Gasteiger partial charge is 0.462 e. The van der Waals surface area contributed by atoms with Crippen LogP contribution in [-0.2, 0) is 20.3 Å². The summed E-state index contributed by atoms with van der Waals surface area (Å²) in [5, 5.41) is 2.65. The molecule has 0 aliphatic heterocycles. The molecule has 0 fully saturated rings. The molecule has 2 aromatic carbocycles. The number of furan rings is 1. The second-order valence-corrected chi connectivity index (χ2v) is 8.85. The van der Waals surface area contributed by atoms with Crippen LogP contribution in [0, 0.1) is 0 Å². The SMILES string of the molecule is CCCCOC(=O)c1ccc(NC(=O)c2ccc(CS(=O)(=O)c3ccccc3)o2)cc1. The van der Waals surface area contributed by atoms with Crippen molar-refractivity contribution in [3.63, 3.8) is 0 Å². The molecule has 0 atom stereocenters. The highest BCUT2D eigenvalue weighted by Crippen LogP contribution is 2.19. The number of sulfone groups is 1. The minimum absolute atomic E-state index is 0.0127. The van der Waals surface area contributed by atoms with Crippen molar-refractivity contribution in [3.05, 3.63) is 83.8 Å². The van der Waals surface area contributed by atoms with Gasteiger partial charge in [-0.1, -0.05) is 31.5 Å². The van der Waals surface area contributed by atoms with E-state index in [0.717, 1.165) is 12.8 Å². The Labute approximate surface area is 181 Å². The summed E-state index contributed by atoms with van der Waals surface area (Å²) in [5.74, 6) is -1.14. The summed E-state index contributed by atoms with van der Waals surface area (Å²) < 4.78 is 35.5. The van der Waals surface area contributed by atoms with Crippen LogP contribution in [0.3, 0.4) is 0 Å². The molecule has 1 N–H and O–H groups in total. The molecule has 7 nitrogen and oxygen atoms in total. The van der Waals surface area contributed by atoms with E-state index < -0.39 is 21.7 Å². The minimum Gasteiger partial charge on any atom is -0.462 e. The quantitative estimate of drug-likeness (QED) is 0.388. The predicted octanol–water partition coefficient (Wildman–Crippen LogP) is 4.46. The zero-order chi connectivity index (χ0) is 22.3. The average Bonchev–Trinajstić information content (AvgIpc) is 3.23. The fourth-order valence-electron chi connectivity index (χ4n) is 2.75. The average molecular weight is 442 g/mol. The summed E-state index contributed by atoms with van der Waals surface area (Å²) in [6, 6.07) is 17.2. The molecule has 0 aliphatic carbocycles.